The molecular formula is C10H18N4O. The Balaban J connectivity index is 1.95. The molecule has 1 fully saturated rings. The molecule has 5 heteroatoms. The molecule has 1 aromatic rings. The van der Waals surface area contributed by atoms with Gasteiger partial charge in [0, 0.05) is 19.1 Å². The summed E-state index contributed by atoms with van der Waals surface area (Å²) in [6.07, 6.45) is 1.58. The third-order valence-corrected chi connectivity index (χ3v) is 2.68. The largest absolute Gasteiger partial charge is 0.365 e. The molecule has 0 spiro atoms. The van der Waals surface area contributed by atoms with Crippen molar-refractivity contribution in [3.05, 3.63) is 12.2 Å². The van der Waals surface area contributed by atoms with Gasteiger partial charge >= 0.3 is 0 Å². The lowest BCUT2D eigenvalue weighted by atomic mass is 10.0. The van der Waals surface area contributed by atoms with E-state index in [1.54, 1.807) is 6.33 Å². The molecule has 0 aromatic carbocycles. The third kappa shape index (κ3) is 2.18. The van der Waals surface area contributed by atoms with Crippen molar-refractivity contribution < 1.29 is 4.74 Å². The third-order valence-electron chi connectivity index (χ3n) is 2.68. The van der Waals surface area contributed by atoms with E-state index in [1.165, 1.54) is 0 Å². The highest BCUT2D eigenvalue weighted by Gasteiger charge is 2.32. The molecule has 0 aliphatic carbocycles. The fourth-order valence-electron chi connectivity index (χ4n) is 1.63. The first-order valence-electron chi connectivity index (χ1n) is 5.34. The lowest BCUT2D eigenvalue weighted by Gasteiger charge is -2.38. The Morgan fingerprint density at radius 3 is 2.87 bits per heavy atom. The summed E-state index contributed by atoms with van der Waals surface area (Å²) in [7, 11) is 0. The van der Waals surface area contributed by atoms with Crippen molar-refractivity contribution in [2.45, 2.75) is 39.0 Å². The number of hydrogen-bond donors (Lipinski definition) is 1. The van der Waals surface area contributed by atoms with Crippen LogP contribution in [0.5, 0.6) is 0 Å². The van der Waals surface area contributed by atoms with Gasteiger partial charge in [0.2, 0.25) is 0 Å². The summed E-state index contributed by atoms with van der Waals surface area (Å²) in [6.45, 7) is 8.66. The summed E-state index contributed by atoms with van der Waals surface area (Å²) in [6, 6.07) is 0.332. The minimum Gasteiger partial charge on any atom is -0.365 e. The molecule has 1 aliphatic heterocycles. The van der Waals surface area contributed by atoms with Crippen LogP contribution in [-0.4, -0.2) is 33.5 Å². The summed E-state index contributed by atoms with van der Waals surface area (Å²) >= 11 is 0. The van der Waals surface area contributed by atoms with E-state index in [0.717, 1.165) is 18.9 Å². The Morgan fingerprint density at radius 1 is 1.60 bits per heavy atom. The first-order valence-corrected chi connectivity index (χ1v) is 5.34. The van der Waals surface area contributed by atoms with Gasteiger partial charge in [-0.1, -0.05) is 0 Å². The molecule has 1 saturated heterocycles. The Hall–Kier alpha value is -0.940. The lowest BCUT2D eigenvalue weighted by Crippen LogP contribution is -2.58. The molecule has 5 nitrogen and oxygen atoms in total. The van der Waals surface area contributed by atoms with Gasteiger partial charge in [0.25, 0.3) is 0 Å². The predicted octanol–water partition coefficient (Wildman–Crippen LogP) is 0.738. The van der Waals surface area contributed by atoms with E-state index in [1.807, 2.05) is 4.68 Å². The second-order valence-corrected chi connectivity index (χ2v) is 4.56. The standard InChI is InChI=1S/C10H18N4O/c1-8(2)14-9(12-7-13-14)4-15-10(3)5-11-6-10/h7-8,11H,4-6H2,1-3H3. The van der Waals surface area contributed by atoms with E-state index in [4.69, 9.17) is 4.74 Å². The minimum atomic E-state index is -0.0201. The average molecular weight is 210 g/mol. The number of hydrogen-bond acceptors (Lipinski definition) is 4. The molecule has 0 radical (unpaired) electrons. The molecule has 84 valence electrons. The number of aromatic nitrogens is 3. The van der Waals surface area contributed by atoms with Gasteiger partial charge < -0.3 is 10.1 Å². The molecule has 15 heavy (non-hydrogen) atoms. The summed E-state index contributed by atoms with van der Waals surface area (Å²) in [5, 5.41) is 7.37. The average Bonchev–Trinajstić information content (AvgIpc) is 2.59. The summed E-state index contributed by atoms with van der Waals surface area (Å²) in [4.78, 5) is 4.21. The zero-order valence-electron chi connectivity index (χ0n) is 9.53. The van der Waals surface area contributed by atoms with Crippen molar-refractivity contribution in [2.75, 3.05) is 13.1 Å². The molecule has 1 aliphatic rings. The van der Waals surface area contributed by atoms with Gasteiger partial charge in [0.15, 0.2) is 5.82 Å². The van der Waals surface area contributed by atoms with Gasteiger partial charge in [-0.2, -0.15) is 5.10 Å². The van der Waals surface area contributed by atoms with Crippen molar-refractivity contribution in [3.63, 3.8) is 0 Å². The van der Waals surface area contributed by atoms with Crippen LogP contribution in [0.4, 0.5) is 0 Å². The molecule has 1 N–H and O–H groups in total. The van der Waals surface area contributed by atoms with Gasteiger partial charge in [0.1, 0.15) is 12.9 Å². The molecule has 0 bridgehead atoms. The Morgan fingerprint density at radius 2 is 2.33 bits per heavy atom. The van der Waals surface area contributed by atoms with Gasteiger partial charge in [-0.15, -0.1) is 0 Å². The van der Waals surface area contributed by atoms with Crippen LogP contribution in [0.2, 0.25) is 0 Å². The molecular weight excluding hydrogens is 192 g/mol. The quantitative estimate of drug-likeness (QED) is 0.796. The summed E-state index contributed by atoms with van der Waals surface area (Å²) < 4.78 is 7.71. The van der Waals surface area contributed by atoms with E-state index >= 15 is 0 Å². The van der Waals surface area contributed by atoms with Crippen molar-refractivity contribution in [2.24, 2.45) is 0 Å². The smallest absolute Gasteiger partial charge is 0.153 e. The second kappa shape index (κ2) is 3.90. The normalized spacial score (nSPS) is 19.2. The first kappa shape index (κ1) is 10.6. The van der Waals surface area contributed by atoms with Crippen LogP contribution in [0.1, 0.15) is 32.6 Å². The molecule has 0 unspecified atom stereocenters. The van der Waals surface area contributed by atoms with Crippen molar-refractivity contribution in [3.8, 4) is 0 Å². The Kier molecular flexibility index (Phi) is 2.75. The Bertz CT molecular complexity index is 330. The number of ether oxygens (including phenoxy) is 1. The van der Waals surface area contributed by atoms with Crippen LogP contribution >= 0.6 is 0 Å². The fourth-order valence-corrected chi connectivity index (χ4v) is 1.63. The van der Waals surface area contributed by atoms with Crippen molar-refractivity contribution in [1.29, 1.82) is 0 Å². The van der Waals surface area contributed by atoms with Crippen LogP contribution in [0.3, 0.4) is 0 Å². The van der Waals surface area contributed by atoms with E-state index in [9.17, 15) is 0 Å². The number of nitrogens with one attached hydrogen (secondary N) is 1. The monoisotopic (exact) mass is 210 g/mol. The maximum atomic E-state index is 5.81. The van der Waals surface area contributed by atoms with Crippen LogP contribution in [0, 0.1) is 0 Å². The SMILES string of the molecule is CC(C)n1ncnc1COC1(C)CNC1. The molecule has 0 saturated carbocycles. The van der Waals surface area contributed by atoms with Crippen molar-refractivity contribution >= 4 is 0 Å². The van der Waals surface area contributed by atoms with Gasteiger partial charge in [-0.3, -0.25) is 0 Å². The Labute approximate surface area is 89.8 Å². The van der Waals surface area contributed by atoms with Crippen LogP contribution in [0.15, 0.2) is 6.33 Å². The topological polar surface area (TPSA) is 52.0 Å². The zero-order chi connectivity index (χ0) is 10.9. The van der Waals surface area contributed by atoms with Gasteiger partial charge in [-0.25, -0.2) is 9.67 Å². The predicted molar refractivity (Wildman–Crippen MR) is 56.5 cm³/mol. The molecule has 1 aromatic heterocycles. The van der Waals surface area contributed by atoms with Gasteiger partial charge in [-0.05, 0) is 20.8 Å². The molecule has 0 atom stereocenters. The van der Waals surface area contributed by atoms with Crippen LogP contribution in [0.25, 0.3) is 0 Å². The van der Waals surface area contributed by atoms with Crippen molar-refractivity contribution in [1.82, 2.24) is 20.1 Å². The number of rotatable bonds is 4. The maximum absolute atomic E-state index is 5.81. The second-order valence-electron chi connectivity index (χ2n) is 4.56. The van der Waals surface area contributed by atoms with E-state index in [2.05, 4.69) is 36.2 Å². The zero-order valence-corrected chi connectivity index (χ0v) is 9.53. The minimum absolute atomic E-state index is 0.0201. The maximum Gasteiger partial charge on any atom is 0.153 e. The van der Waals surface area contributed by atoms with Crippen LogP contribution < -0.4 is 5.32 Å². The molecule has 0 amide bonds. The van der Waals surface area contributed by atoms with E-state index < -0.39 is 0 Å². The highest BCUT2D eigenvalue weighted by Crippen LogP contribution is 2.17. The van der Waals surface area contributed by atoms with Crippen LogP contribution in [-0.2, 0) is 11.3 Å². The number of nitrogens with zero attached hydrogens (tertiary/aromatic N) is 3. The summed E-state index contributed by atoms with van der Waals surface area (Å²) in [5.41, 5.74) is -0.0201. The lowest BCUT2D eigenvalue weighted by molar-refractivity contribution is -0.0801. The highest BCUT2D eigenvalue weighted by molar-refractivity contribution is 4.92. The molecule has 2 heterocycles. The summed E-state index contributed by atoms with van der Waals surface area (Å²) in [5.74, 6) is 0.901. The first-order chi connectivity index (χ1) is 7.11. The highest BCUT2D eigenvalue weighted by atomic mass is 16.5. The van der Waals surface area contributed by atoms with E-state index in [-0.39, 0.29) is 5.60 Å². The fraction of sp³-hybridized carbons (Fsp3) is 0.800. The van der Waals surface area contributed by atoms with E-state index in [0.29, 0.717) is 12.6 Å². The molecule has 2 rings (SSSR count). The van der Waals surface area contributed by atoms with Gasteiger partial charge in [0.05, 0.1) is 5.60 Å².